The zero-order valence-electron chi connectivity index (χ0n) is 16.1. The maximum absolute atomic E-state index is 13.1. The molecule has 0 unspecified atom stereocenters. The van der Waals surface area contributed by atoms with Crippen LogP contribution in [-0.4, -0.2) is 21.4 Å². The molecule has 5 nitrogen and oxygen atoms in total. The number of thiophene rings is 1. The van der Waals surface area contributed by atoms with Gasteiger partial charge in [0.05, 0.1) is 4.90 Å². The van der Waals surface area contributed by atoms with Gasteiger partial charge in [-0.05, 0) is 79.6 Å². The van der Waals surface area contributed by atoms with Crippen LogP contribution in [0.25, 0.3) is 10.4 Å². The number of sulfonamides is 1. The summed E-state index contributed by atoms with van der Waals surface area (Å²) >= 11 is 1.51. The number of carbonyl (C=O) groups is 1. The third kappa shape index (κ3) is 4.12. The molecular weight excluding hydrogens is 404 g/mol. The molecule has 0 aliphatic heterocycles. The van der Waals surface area contributed by atoms with Crippen molar-refractivity contribution in [2.45, 2.75) is 30.6 Å². The van der Waals surface area contributed by atoms with E-state index in [1.807, 2.05) is 29.6 Å². The van der Waals surface area contributed by atoms with Crippen LogP contribution in [0.15, 0.2) is 58.8 Å². The van der Waals surface area contributed by atoms with Gasteiger partial charge in [0.15, 0.2) is 0 Å². The number of hydrogen-bond donors (Lipinski definition) is 2. The van der Waals surface area contributed by atoms with Gasteiger partial charge >= 0.3 is 0 Å². The Hall–Kier alpha value is -2.48. The van der Waals surface area contributed by atoms with Gasteiger partial charge in [0.1, 0.15) is 0 Å². The van der Waals surface area contributed by atoms with E-state index in [1.54, 1.807) is 6.07 Å². The molecule has 7 heteroatoms. The van der Waals surface area contributed by atoms with Crippen molar-refractivity contribution in [2.75, 3.05) is 12.4 Å². The molecule has 4 rings (SSSR count). The van der Waals surface area contributed by atoms with Gasteiger partial charge in [-0.2, -0.15) is 0 Å². The third-order valence-electron chi connectivity index (χ3n) is 5.21. The highest BCUT2D eigenvalue weighted by atomic mass is 32.2. The van der Waals surface area contributed by atoms with E-state index in [0.717, 1.165) is 29.8 Å². The molecule has 0 bridgehead atoms. The van der Waals surface area contributed by atoms with Crippen LogP contribution < -0.4 is 10.0 Å². The molecule has 0 atom stereocenters. The molecule has 150 valence electrons. The van der Waals surface area contributed by atoms with Crippen molar-refractivity contribution in [3.8, 4) is 10.4 Å². The highest BCUT2D eigenvalue weighted by Crippen LogP contribution is 2.31. The smallest absolute Gasteiger partial charge is 0.256 e. The fraction of sp³-hybridized carbons (Fsp3) is 0.227. The van der Waals surface area contributed by atoms with Crippen molar-refractivity contribution < 1.29 is 13.2 Å². The summed E-state index contributed by atoms with van der Waals surface area (Å²) in [4.78, 5) is 14.1. The first-order valence-corrected chi connectivity index (χ1v) is 11.9. The van der Waals surface area contributed by atoms with E-state index in [-0.39, 0.29) is 10.8 Å². The molecule has 1 amide bonds. The number of hydrogen-bond acceptors (Lipinski definition) is 4. The number of amides is 1. The molecule has 2 N–H and O–H groups in total. The van der Waals surface area contributed by atoms with Crippen molar-refractivity contribution in [3.05, 3.63) is 70.6 Å². The highest BCUT2D eigenvalue weighted by Gasteiger charge is 2.20. The number of anilines is 1. The summed E-state index contributed by atoms with van der Waals surface area (Å²) in [6.07, 6.45) is 4.47. The quantitative estimate of drug-likeness (QED) is 0.633. The zero-order valence-corrected chi connectivity index (χ0v) is 17.7. The summed E-state index contributed by atoms with van der Waals surface area (Å²) in [6, 6.07) is 14.5. The zero-order chi connectivity index (χ0) is 20.4. The molecule has 1 heterocycles. The van der Waals surface area contributed by atoms with Gasteiger partial charge < -0.3 is 5.32 Å². The van der Waals surface area contributed by atoms with Gasteiger partial charge in [-0.1, -0.05) is 18.2 Å². The molecule has 0 spiro atoms. The van der Waals surface area contributed by atoms with Crippen molar-refractivity contribution >= 4 is 33.0 Å². The van der Waals surface area contributed by atoms with Crippen LogP contribution in [0.2, 0.25) is 0 Å². The Labute approximate surface area is 174 Å². The van der Waals surface area contributed by atoms with Crippen molar-refractivity contribution in [1.82, 2.24) is 4.72 Å². The molecule has 0 fully saturated rings. The third-order valence-corrected chi connectivity index (χ3v) is 7.52. The van der Waals surface area contributed by atoms with E-state index in [1.165, 1.54) is 48.1 Å². The van der Waals surface area contributed by atoms with Crippen molar-refractivity contribution in [2.24, 2.45) is 0 Å². The summed E-state index contributed by atoms with van der Waals surface area (Å²) < 4.78 is 26.8. The minimum absolute atomic E-state index is 0.0656. The second-order valence-electron chi connectivity index (χ2n) is 7.04. The predicted molar refractivity (Wildman–Crippen MR) is 117 cm³/mol. The lowest BCUT2D eigenvalue weighted by Gasteiger charge is -2.17. The summed E-state index contributed by atoms with van der Waals surface area (Å²) in [5, 5.41) is 4.89. The van der Waals surface area contributed by atoms with E-state index in [0.29, 0.717) is 11.1 Å². The molecule has 0 saturated heterocycles. The average molecular weight is 427 g/mol. The minimum atomic E-state index is -3.65. The largest absolute Gasteiger partial charge is 0.322 e. The van der Waals surface area contributed by atoms with Crippen LogP contribution in [0.3, 0.4) is 0 Å². The summed E-state index contributed by atoms with van der Waals surface area (Å²) in [6.45, 7) is 0. The normalized spacial score (nSPS) is 13.7. The second kappa shape index (κ2) is 8.10. The molecule has 0 radical (unpaired) electrons. The average Bonchev–Trinajstić information content (AvgIpc) is 3.28. The van der Waals surface area contributed by atoms with E-state index in [9.17, 15) is 13.2 Å². The molecule has 1 aliphatic carbocycles. The highest BCUT2D eigenvalue weighted by molar-refractivity contribution is 7.89. The Balaban J connectivity index is 1.72. The maximum atomic E-state index is 13.1. The van der Waals surface area contributed by atoms with E-state index >= 15 is 0 Å². The lowest BCUT2D eigenvalue weighted by atomic mass is 9.91. The molecule has 2 aromatic carbocycles. The van der Waals surface area contributed by atoms with Crippen molar-refractivity contribution in [3.63, 3.8) is 0 Å². The Morgan fingerprint density at radius 3 is 2.52 bits per heavy atom. The van der Waals surface area contributed by atoms with Crippen LogP contribution in [0.4, 0.5) is 5.69 Å². The summed E-state index contributed by atoms with van der Waals surface area (Å²) in [7, 11) is -2.29. The maximum Gasteiger partial charge on any atom is 0.256 e. The standard InChI is InChI=1S/C22H22N2O3S2/c1-23-29(26,27)18-10-11-19(21-7-4-12-28-21)20(14-18)22(25)24-17-9-8-15-5-2-3-6-16(15)13-17/h4,7-14,23H,2-3,5-6H2,1H3,(H,24,25). The van der Waals surface area contributed by atoms with Gasteiger partial charge in [0, 0.05) is 21.7 Å². The lowest BCUT2D eigenvalue weighted by Crippen LogP contribution is -2.20. The number of nitrogens with one attached hydrogen (secondary N) is 2. The topological polar surface area (TPSA) is 75.3 Å². The number of carbonyl (C=O) groups excluding carboxylic acids is 1. The Morgan fingerprint density at radius 2 is 1.79 bits per heavy atom. The molecule has 1 aromatic heterocycles. The fourth-order valence-corrected chi connectivity index (χ4v) is 5.17. The van der Waals surface area contributed by atoms with Crippen molar-refractivity contribution in [1.29, 1.82) is 0 Å². The lowest BCUT2D eigenvalue weighted by molar-refractivity contribution is 0.102. The number of benzene rings is 2. The van der Waals surface area contributed by atoms with E-state index in [4.69, 9.17) is 0 Å². The number of fused-ring (bicyclic) bond motifs is 1. The van der Waals surface area contributed by atoms with Crippen LogP contribution >= 0.6 is 11.3 Å². The Bertz CT molecular complexity index is 1150. The van der Waals surface area contributed by atoms with Crippen LogP contribution in [0.5, 0.6) is 0 Å². The van der Waals surface area contributed by atoms with Gasteiger partial charge in [-0.3, -0.25) is 4.79 Å². The first-order chi connectivity index (χ1) is 14.0. The van der Waals surface area contributed by atoms with Crippen LogP contribution in [-0.2, 0) is 22.9 Å². The number of rotatable bonds is 5. The first-order valence-electron chi connectivity index (χ1n) is 9.52. The monoisotopic (exact) mass is 426 g/mol. The van der Waals surface area contributed by atoms with Gasteiger partial charge in [0.25, 0.3) is 5.91 Å². The van der Waals surface area contributed by atoms with Gasteiger partial charge in [-0.25, -0.2) is 13.1 Å². The van der Waals surface area contributed by atoms with Crippen LogP contribution in [0, 0.1) is 0 Å². The molecule has 0 saturated carbocycles. The molecule has 1 aliphatic rings. The fourth-order valence-electron chi connectivity index (χ4n) is 3.65. The van der Waals surface area contributed by atoms with Crippen LogP contribution in [0.1, 0.15) is 34.3 Å². The Kier molecular flexibility index (Phi) is 5.54. The van der Waals surface area contributed by atoms with E-state index in [2.05, 4.69) is 16.1 Å². The Morgan fingerprint density at radius 1 is 1.00 bits per heavy atom. The SMILES string of the molecule is CNS(=O)(=O)c1ccc(-c2cccs2)c(C(=O)Nc2ccc3c(c2)CCCC3)c1. The predicted octanol–water partition coefficient (Wildman–Crippen LogP) is 4.45. The summed E-state index contributed by atoms with van der Waals surface area (Å²) in [5.74, 6) is -0.322. The molecule has 3 aromatic rings. The second-order valence-corrected chi connectivity index (χ2v) is 9.87. The molecule has 29 heavy (non-hydrogen) atoms. The minimum Gasteiger partial charge on any atom is -0.322 e. The van der Waals surface area contributed by atoms with E-state index < -0.39 is 10.0 Å². The molecular formula is C22H22N2O3S2. The number of aryl methyl sites for hydroxylation is 2. The van der Waals surface area contributed by atoms with Gasteiger partial charge in [0.2, 0.25) is 10.0 Å². The summed E-state index contributed by atoms with van der Waals surface area (Å²) in [5.41, 5.74) is 4.40. The first kappa shape index (κ1) is 19.8. The van der Waals surface area contributed by atoms with Gasteiger partial charge in [-0.15, -0.1) is 11.3 Å².